The molecule has 0 saturated heterocycles. The van der Waals surface area contributed by atoms with Gasteiger partial charge in [-0.05, 0) is 19.1 Å². The summed E-state index contributed by atoms with van der Waals surface area (Å²) in [5.41, 5.74) is 1.31. The van der Waals surface area contributed by atoms with Crippen molar-refractivity contribution in [3.63, 3.8) is 0 Å². The number of nitro benzene ring substituents is 1. The van der Waals surface area contributed by atoms with Gasteiger partial charge in [-0.3, -0.25) is 10.1 Å². The third-order valence-corrected chi connectivity index (χ3v) is 2.89. The lowest BCUT2D eigenvalue weighted by molar-refractivity contribution is -0.385. The van der Waals surface area contributed by atoms with Crippen LogP contribution in [-0.4, -0.2) is 16.0 Å². The third-order valence-electron chi connectivity index (χ3n) is 2.89. The van der Waals surface area contributed by atoms with E-state index in [0.717, 1.165) is 11.6 Å². The molecule has 104 valence electrons. The van der Waals surface area contributed by atoms with Crippen molar-refractivity contribution in [2.75, 3.05) is 5.32 Å². The van der Waals surface area contributed by atoms with E-state index in [4.69, 9.17) is 9.52 Å². The minimum absolute atomic E-state index is 0.128. The Morgan fingerprint density at radius 2 is 2.25 bits per heavy atom. The number of nitro groups is 1. The van der Waals surface area contributed by atoms with Crippen LogP contribution >= 0.6 is 0 Å². The largest absolute Gasteiger partial charge is 0.478 e. The Bertz CT molecular complexity index is 649. The lowest BCUT2D eigenvalue weighted by atomic mass is 10.1. The number of carbonyl (C=O) groups is 1. The highest BCUT2D eigenvalue weighted by molar-refractivity contribution is 5.90. The van der Waals surface area contributed by atoms with E-state index in [-0.39, 0.29) is 11.3 Å². The second-order valence-corrected chi connectivity index (χ2v) is 4.22. The van der Waals surface area contributed by atoms with Crippen molar-refractivity contribution in [2.24, 2.45) is 0 Å². The smallest absolute Gasteiger partial charge is 0.336 e. The summed E-state index contributed by atoms with van der Waals surface area (Å²) in [6.07, 6.45) is 3.05. The molecular formula is C13H12N2O5. The first-order chi connectivity index (χ1) is 9.49. The van der Waals surface area contributed by atoms with Gasteiger partial charge in [-0.1, -0.05) is 0 Å². The molecule has 0 bridgehead atoms. The molecule has 0 aliphatic heterocycles. The summed E-state index contributed by atoms with van der Waals surface area (Å²) in [5.74, 6) is -1.21. The Morgan fingerprint density at radius 1 is 1.50 bits per heavy atom. The predicted molar refractivity (Wildman–Crippen MR) is 70.8 cm³/mol. The number of hydrogen-bond acceptors (Lipinski definition) is 5. The van der Waals surface area contributed by atoms with Gasteiger partial charge in [0.25, 0.3) is 5.69 Å². The maximum Gasteiger partial charge on any atom is 0.336 e. The quantitative estimate of drug-likeness (QED) is 0.642. The summed E-state index contributed by atoms with van der Waals surface area (Å²) in [4.78, 5) is 21.4. The van der Waals surface area contributed by atoms with E-state index in [9.17, 15) is 14.9 Å². The van der Waals surface area contributed by atoms with Crippen molar-refractivity contribution in [2.45, 2.75) is 13.5 Å². The van der Waals surface area contributed by atoms with Crippen molar-refractivity contribution >= 4 is 17.3 Å². The molecule has 0 amide bonds. The van der Waals surface area contributed by atoms with Crippen LogP contribution in [0.15, 0.2) is 35.1 Å². The van der Waals surface area contributed by atoms with Crippen molar-refractivity contribution in [3.8, 4) is 0 Å². The molecule has 0 fully saturated rings. The van der Waals surface area contributed by atoms with E-state index < -0.39 is 10.9 Å². The first-order valence-electron chi connectivity index (χ1n) is 5.76. The molecule has 1 aromatic carbocycles. The van der Waals surface area contributed by atoms with E-state index in [0.29, 0.717) is 17.8 Å². The van der Waals surface area contributed by atoms with Gasteiger partial charge in [0.1, 0.15) is 0 Å². The molecule has 2 rings (SSSR count). The van der Waals surface area contributed by atoms with Gasteiger partial charge >= 0.3 is 5.97 Å². The summed E-state index contributed by atoms with van der Waals surface area (Å²) >= 11 is 0. The van der Waals surface area contributed by atoms with Crippen molar-refractivity contribution in [1.82, 2.24) is 0 Å². The van der Waals surface area contributed by atoms with Crippen LogP contribution in [0.1, 0.15) is 21.5 Å². The SMILES string of the molecule is Cc1c(NCc2ccoc2)cc(C(=O)O)cc1[N+](=O)[O-]. The number of nitrogens with one attached hydrogen (secondary N) is 1. The van der Waals surface area contributed by atoms with E-state index in [2.05, 4.69) is 5.32 Å². The van der Waals surface area contributed by atoms with Crippen LogP contribution < -0.4 is 5.32 Å². The van der Waals surface area contributed by atoms with Crippen molar-refractivity contribution in [1.29, 1.82) is 0 Å². The van der Waals surface area contributed by atoms with E-state index >= 15 is 0 Å². The van der Waals surface area contributed by atoms with Gasteiger partial charge in [-0.25, -0.2) is 4.79 Å². The van der Waals surface area contributed by atoms with Crippen LogP contribution in [-0.2, 0) is 6.54 Å². The summed E-state index contributed by atoms with van der Waals surface area (Å²) in [7, 11) is 0. The molecule has 0 aliphatic rings. The molecule has 0 atom stereocenters. The van der Waals surface area contributed by atoms with Gasteiger partial charge < -0.3 is 14.8 Å². The fraction of sp³-hybridized carbons (Fsp3) is 0.154. The second kappa shape index (κ2) is 5.43. The van der Waals surface area contributed by atoms with E-state index in [1.165, 1.54) is 18.6 Å². The van der Waals surface area contributed by atoms with Crippen LogP contribution in [0, 0.1) is 17.0 Å². The fourth-order valence-corrected chi connectivity index (χ4v) is 1.79. The Kier molecular flexibility index (Phi) is 3.69. The van der Waals surface area contributed by atoms with Crippen LogP contribution in [0.3, 0.4) is 0 Å². The number of rotatable bonds is 5. The van der Waals surface area contributed by atoms with Crippen LogP contribution in [0.5, 0.6) is 0 Å². The molecule has 0 radical (unpaired) electrons. The number of hydrogen-bond donors (Lipinski definition) is 2. The van der Waals surface area contributed by atoms with Gasteiger partial charge in [0, 0.05) is 29.4 Å². The number of carboxylic acids is 1. The van der Waals surface area contributed by atoms with Gasteiger partial charge in [0.05, 0.1) is 23.0 Å². The number of furan rings is 1. The molecule has 1 aromatic heterocycles. The van der Waals surface area contributed by atoms with Gasteiger partial charge in [0.15, 0.2) is 0 Å². The van der Waals surface area contributed by atoms with Crippen LogP contribution in [0.25, 0.3) is 0 Å². The number of benzene rings is 1. The Balaban J connectivity index is 2.35. The normalized spacial score (nSPS) is 10.2. The molecule has 1 heterocycles. The number of anilines is 1. The van der Waals surface area contributed by atoms with E-state index in [1.807, 2.05) is 0 Å². The van der Waals surface area contributed by atoms with Crippen LogP contribution in [0.2, 0.25) is 0 Å². The average molecular weight is 276 g/mol. The van der Waals surface area contributed by atoms with Gasteiger partial charge in [-0.2, -0.15) is 0 Å². The monoisotopic (exact) mass is 276 g/mol. The highest BCUT2D eigenvalue weighted by atomic mass is 16.6. The number of aromatic carboxylic acids is 1. The molecule has 7 heteroatoms. The maximum absolute atomic E-state index is 11.0. The second-order valence-electron chi connectivity index (χ2n) is 4.22. The molecule has 0 saturated carbocycles. The molecule has 2 aromatic rings. The number of carboxylic acid groups (broad SMARTS) is 1. The zero-order chi connectivity index (χ0) is 14.7. The molecule has 7 nitrogen and oxygen atoms in total. The zero-order valence-electron chi connectivity index (χ0n) is 10.6. The predicted octanol–water partition coefficient (Wildman–Crippen LogP) is 2.81. The zero-order valence-corrected chi connectivity index (χ0v) is 10.6. The topological polar surface area (TPSA) is 106 Å². The van der Waals surface area contributed by atoms with Crippen LogP contribution in [0.4, 0.5) is 11.4 Å². The summed E-state index contributed by atoms with van der Waals surface area (Å²) in [6, 6.07) is 4.18. The molecule has 0 spiro atoms. The molecule has 0 aliphatic carbocycles. The third kappa shape index (κ3) is 2.77. The standard InChI is InChI=1S/C13H12N2O5/c1-8-11(14-6-9-2-3-20-7-9)4-10(13(16)17)5-12(8)15(18)19/h2-5,7,14H,6H2,1H3,(H,16,17). The highest BCUT2D eigenvalue weighted by Crippen LogP contribution is 2.28. The van der Waals surface area contributed by atoms with Crippen molar-refractivity contribution < 1.29 is 19.2 Å². The lowest BCUT2D eigenvalue weighted by Gasteiger charge is -2.10. The fourth-order valence-electron chi connectivity index (χ4n) is 1.79. The highest BCUT2D eigenvalue weighted by Gasteiger charge is 2.18. The minimum Gasteiger partial charge on any atom is -0.478 e. The molecule has 0 unspecified atom stereocenters. The first kappa shape index (κ1) is 13.6. The Hall–Kier alpha value is -2.83. The average Bonchev–Trinajstić information content (AvgIpc) is 2.90. The van der Waals surface area contributed by atoms with Gasteiger partial charge in [0.2, 0.25) is 0 Å². The van der Waals surface area contributed by atoms with Crippen molar-refractivity contribution in [3.05, 3.63) is 57.5 Å². The lowest BCUT2D eigenvalue weighted by Crippen LogP contribution is -2.06. The summed E-state index contributed by atoms with van der Waals surface area (Å²) < 4.78 is 4.91. The maximum atomic E-state index is 11.0. The Labute approximate surface area is 114 Å². The first-order valence-corrected chi connectivity index (χ1v) is 5.76. The molecular weight excluding hydrogens is 264 g/mol. The molecule has 20 heavy (non-hydrogen) atoms. The Morgan fingerprint density at radius 3 is 2.80 bits per heavy atom. The summed E-state index contributed by atoms with van der Waals surface area (Å²) in [5, 5.41) is 22.9. The van der Waals surface area contributed by atoms with E-state index in [1.54, 1.807) is 13.0 Å². The number of nitrogens with zero attached hydrogens (tertiary/aromatic N) is 1. The molecule has 2 N–H and O–H groups in total. The van der Waals surface area contributed by atoms with Gasteiger partial charge in [-0.15, -0.1) is 0 Å². The summed E-state index contributed by atoms with van der Waals surface area (Å²) in [6.45, 7) is 1.96. The minimum atomic E-state index is -1.21.